The Hall–Kier alpha value is -1.57. The van der Waals surface area contributed by atoms with Gasteiger partial charge in [0.2, 0.25) is 0 Å². The summed E-state index contributed by atoms with van der Waals surface area (Å²) in [5.74, 6) is 0. The number of aryl methyl sites for hydroxylation is 1. The van der Waals surface area contributed by atoms with E-state index >= 15 is 0 Å². The summed E-state index contributed by atoms with van der Waals surface area (Å²) in [6, 6.07) is 9.78. The van der Waals surface area contributed by atoms with E-state index in [9.17, 15) is 8.42 Å². The van der Waals surface area contributed by atoms with Gasteiger partial charge in [-0.2, -0.15) is 0 Å². The fourth-order valence-electron chi connectivity index (χ4n) is 3.42. The van der Waals surface area contributed by atoms with Crippen LogP contribution in [0.2, 0.25) is 0 Å². The van der Waals surface area contributed by atoms with E-state index in [-0.39, 0.29) is 0 Å². The first-order chi connectivity index (χ1) is 12.1. The molecule has 0 N–H and O–H groups in total. The number of fused-ring (bicyclic) bond motifs is 1. The van der Waals surface area contributed by atoms with Crippen LogP contribution in [0.15, 0.2) is 34.5 Å². The van der Waals surface area contributed by atoms with Crippen molar-refractivity contribution in [2.75, 3.05) is 42.1 Å². The highest BCUT2D eigenvalue weighted by atomic mass is 32.2. The summed E-state index contributed by atoms with van der Waals surface area (Å²) < 4.78 is 33.5. The number of thiophene rings is 1. The van der Waals surface area contributed by atoms with E-state index in [0.717, 1.165) is 61.0 Å². The third-order valence-corrected chi connectivity index (χ3v) is 8.33. The second-order valence-electron chi connectivity index (χ2n) is 6.31. The van der Waals surface area contributed by atoms with Crippen LogP contribution in [-0.4, -0.2) is 41.3 Å². The van der Waals surface area contributed by atoms with Crippen molar-refractivity contribution in [3.63, 3.8) is 0 Å². The molecule has 1 saturated heterocycles. The van der Waals surface area contributed by atoms with E-state index in [1.165, 1.54) is 11.3 Å². The Kier molecular flexibility index (Phi) is 4.47. The molecule has 7 heteroatoms. The van der Waals surface area contributed by atoms with Gasteiger partial charge in [-0.05, 0) is 48.7 Å². The SMILES string of the molecule is CCc1ccc(S(=O)(=O)N2CCc3cc(N4CCOCC4)ccc32)s1. The van der Waals surface area contributed by atoms with Crippen molar-refractivity contribution in [2.24, 2.45) is 0 Å². The molecule has 0 atom stereocenters. The Labute approximate surface area is 152 Å². The van der Waals surface area contributed by atoms with E-state index in [1.807, 2.05) is 25.1 Å². The Morgan fingerprint density at radius 3 is 2.64 bits per heavy atom. The lowest BCUT2D eigenvalue weighted by molar-refractivity contribution is 0.122. The first-order valence-corrected chi connectivity index (χ1v) is 10.9. The molecule has 0 spiro atoms. The standard InChI is InChI=1S/C18H22N2O3S2/c1-2-16-4-6-18(24-16)25(21,22)20-8-7-14-13-15(3-5-17(14)20)19-9-11-23-12-10-19/h3-6,13H,2,7-12H2,1H3. The Bertz CT molecular complexity index is 870. The number of sulfonamides is 1. The van der Waals surface area contributed by atoms with Crippen molar-refractivity contribution in [3.05, 3.63) is 40.8 Å². The number of rotatable bonds is 4. The molecule has 2 aliphatic heterocycles. The smallest absolute Gasteiger partial charge is 0.273 e. The zero-order valence-corrected chi connectivity index (χ0v) is 15.9. The number of morpholine rings is 1. The van der Waals surface area contributed by atoms with Gasteiger partial charge in [-0.1, -0.05) is 6.92 Å². The average Bonchev–Trinajstić information content (AvgIpc) is 3.29. The molecule has 1 fully saturated rings. The highest BCUT2D eigenvalue weighted by Gasteiger charge is 2.32. The first-order valence-electron chi connectivity index (χ1n) is 8.66. The van der Waals surface area contributed by atoms with Gasteiger partial charge >= 0.3 is 0 Å². The monoisotopic (exact) mass is 378 g/mol. The van der Waals surface area contributed by atoms with E-state index in [1.54, 1.807) is 10.4 Å². The molecule has 0 radical (unpaired) electrons. The van der Waals surface area contributed by atoms with E-state index < -0.39 is 10.0 Å². The summed E-state index contributed by atoms with van der Waals surface area (Å²) in [5, 5.41) is 0. The van der Waals surface area contributed by atoms with Gasteiger partial charge in [-0.3, -0.25) is 4.31 Å². The van der Waals surface area contributed by atoms with Gasteiger partial charge in [0.25, 0.3) is 10.0 Å². The maximum absolute atomic E-state index is 13.0. The molecule has 0 unspecified atom stereocenters. The maximum Gasteiger partial charge on any atom is 0.273 e. The topological polar surface area (TPSA) is 49.9 Å². The van der Waals surface area contributed by atoms with Crippen LogP contribution < -0.4 is 9.21 Å². The molecule has 1 aromatic carbocycles. The fraction of sp³-hybridized carbons (Fsp3) is 0.444. The zero-order chi connectivity index (χ0) is 17.4. The van der Waals surface area contributed by atoms with Crippen molar-refractivity contribution < 1.29 is 13.2 Å². The van der Waals surface area contributed by atoms with Gasteiger partial charge in [0, 0.05) is 30.2 Å². The van der Waals surface area contributed by atoms with Crippen molar-refractivity contribution in [1.29, 1.82) is 0 Å². The van der Waals surface area contributed by atoms with Crippen molar-refractivity contribution in [1.82, 2.24) is 0 Å². The van der Waals surface area contributed by atoms with E-state index in [0.29, 0.717) is 10.8 Å². The molecule has 0 aliphatic carbocycles. The van der Waals surface area contributed by atoms with Gasteiger partial charge in [0.1, 0.15) is 4.21 Å². The predicted octanol–water partition coefficient (Wildman–Crippen LogP) is 2.90. The third kappa shape index (κ3) is 3.05. The van der Waals surface area contributed by atoms with Crippen LogP contribution in [0.25, 0.3) is 0 Å². The molecule has 4 rings (SSSR count). The maximum atomic E-state index is 13.0. The van der Waals surface area contributed by atoms with Crippen LogP contribution in [0.4, 0.5) is 11.4 Å². The number of benzene rings is 1. The molecule has 0 amide bonds. The molecule has 1 aromatic heterocycles. The number of hydrogen-bond donors (Lipinski definition) is 0. The normalized spacial score (nSPS) is 17.8. The Morgan fingerprint density at radius 1 is 1.12 bits per heavy atom. The number of hydrogen-bond acceptors (Lipinski definition) is 5. The molecule has 134 valence electrons. The molecule has 2 aromatic rings. The van der Waals surface area contributed by atoms with Crippen LogP contribution in [-0.2, 0) is 27.6 Å². The van der Waals surface area contributed by atoms with Crippen LogP contribution >= 0.6 is 11.3 Å². The molecule has 25 heavy (non-hydrogen) atoms. The minimum atomic E-state index is -3.46. The minimum absolute atomic E-state index is 0.439. The third-order valence-electron chi connectivity index (χ3n) is 4.82. The summed E-state index contributed by atoms with van der Waals surface area (Å²) in [6.45, 7) is 5.82. The number of nitrogens with zero attached hydrogens (tertiary/aromatic N) is 2. The van der Waals surface area contributed by atoms with Crippen LogP contribution in [0.3, 0.4) is 0 Å². The summed E-state index contributed by atoms with van der Waals surface area (Å²) >= 11 is 1.38. The molecular formula is C18H22N2O3S2. The lowest BCUT2D eigenvalue weighted by Crippen LogP contribution is -2.36. The molecule has 0 saturated carbocycles. The second-order valence-corrected chi connectivity index (χ2v) is 9.57. The largest absolute Gasteiger partial charge is 0.378 e. The van der Waals surface area contributed by atoms with Gasteiger partial charge in [-0.25, -0.2) is 8.42 Å². The van der Waals surface area contributed by atoms with Crippen LogP contribution in [0.1, 0.15) is 17.4 Å². The Morgan fingerprint density at radius 2 is 1.92 bits per heavy atom. The van der Waals surface area contributed by atoms with Gasteiger partial charge in [-0.15, -0.1) is 11.3 Å². The zero-order valence-electron chi connectivity index (χ0n) is 14.3. The molecule has 0 bridgehead atoms. The van der Waals surface area contributed by atoms with Crippen LogP contribution in [0.5, 0.6) is 0 Å². The Balaban J connectivity index is 1.63. The van der Waals surface area contributed by atoms with E-state index in [2.05, 4.69) is 11.0 Å². The minimum Gasteiger partial charge on any atom is -0.378 e. The van der Waals surface area contributed by atoms with E-state index in [4.69, 9.17) is 4.74 Å². The van der Waals surface area contributed by atoms with Gasteiger partial charge < -0.3 is 9.64 Å². The number of anilines is 2. The van der Waals surface area contributed by atoms with Crippen molar-refractivity contribution >= 4 is 32.7 Å². The molecular weight excluding hydrogens is 356 g/mol. The van der Waals surface area contributed by atoms with Gasteiger partial charge in [0.15, 0.2) is 0 Å². The summed E-state index contributed by atoms with van der Waals surface area (Å²) in [6.07, 6.45) is 1.62. The summed E-state index contributed by atoms with van der Waals surface area (Å²) in [7, 11) is -3.46. The predicted molar refractivity (Wildman–Crippen MR) is 101 cm³/mol. The van der Waals surface area contributed by atoms with Crippen molar-refractivity contribution in [3.8, 4) is 0 Å². The molecule has 3 heterocycles. The van der Waals surface area contributed by atoms with Crippen LogP contribution in [0, 0.1) is 0 Å². The lowest BCUT2D eigenvalue weighted by Gasteiger charge is -2.29. The highest BCUT2D eigenvalue weighted by molar-refractivity contribution is 7.94. The van der Waals surface area contributed by atoms with Crippen molar-refractivity contribution in [2.45, 2.75) is 24.0 Å². The fourth-order valence-corrected chi connectivity index (χ4v) is 6.33. The molecule has 2 aliphatic rings. The summed E-state index contributed by atoms with van der Waals surface area (Å²) in [4.78, 5) is 3.40. The second kappa shape index (κ2) is 6.63. The number of ether oxygens (including phenoxy) is 1. The lowest BCUT2D eigenvalue weighted by atomic mass is 10.1. The summed E-state index contributed by atoms with van der Waals surface area (Å²) in [5.41, 5.74) is 3.09. The highest BCUT2D eigenvalue weighted by Crippen LogP contribution is 2.37. The quantitative estimate of drug-likeness (QED) is 0.821. The molecule has 5 nitrogen and oxygen atoms in total. The first kappa shape index (κ1) is 16.9. The van der Waals surface area contributed by atoms with Gasteiger partial charge in [0.05, 0.1) is 18.9 Å². The average molecular weight is 379 g/mol.